The van der Waals surface area contributed by atoms with Gasteiger partial charge in [-0.15, -0.1) is 0 Å². The van der Waals surface area contributed by atoms with E-state index in [1.165, 1.54) is 0 Å². The Hall–Kier alpha value is -0.510. The van der Waals surface area contributed by atoms with Gasteiger partial charge in [-0.3, -0.25) is 4.79 Å². The van der Waals surface area contributed by atoms with Crippen LogP contribution in [0.2, 0.25) is 0 Å². The van der Waals surface area contributed by atoms with Crippen LogP contribution in [0.1, 0.15) is 19.3 Å². The van der Waals surface area contributed by atoms with Gasteiger partial charge in [0, 0.05) is 5.71 Å². The number of hydrogen-bond acceptors (Lipinski definition) is 3. The van der Waals surface area contributed by atoms with Crippen molar-refractivity contribution < 1.29 is 9.90 Å². The maximum atomic E-state index is 10.7. The van der Waals surface area contributed by atoms with Crippen LogP contribution in [0.15, 0.2) is 0 Å². The Labute approximate surface area is 76.1 Å². The molecule has 4 heteroatoms. The van der Waals surface area contributed by atoms with E-state index in [1.807, 2.05) is 0 Å². The summed E-state index contributed by atoms with van der Waals surface area (Å²) in [5, 5.41) is 16.3. The average Bonchev–Trinajstić information content (AvgIpc) is 1.96. The largest absolute Gasteiger partial charge is 0.481 e. The highest BCUT2D eigenvalue weighted by atomic mass is 32.2. The summed E-state index contributed by atoms with van der Waals surface area (Å²) in [6.45, 7) is 0. The molecule has 12 heavy (non-hydrogen) atoms. The Kier molecular flexibility index (Phi) is 3.59. The monoisotopic (exact) mass is 187 g/mol. The Bertz CT molecular complexity index is 193. The van der Waals surface area contributed by atoms with Crippen LogP contribution in [0.5, 0.6) is 0 Å². The fourth-order valence-electron chi connectivity index (χ4n) is 1.29. The smallest absolute Gasteiger partial charge is 0.312 e. The molecular weight excluding hydrogens is 174 g/mol. The van der Waals surface area contributed by atoms with Crippen LogP contribution < -0.4 is 0 Å². The van der Waals surface area contributed by atoms with E-state index in [-0.39, 0.29) is 0 Å². The van der Waals surface area contributed by atoms with Gasteiger partial charge in [-0.2, -0.15) is 11.8 Å². The van der Waals surface area contributed by atoms with E-state index >= 15 is 0 Å². The molecule has 0 radical (unpaired) electrons. The predicted molar refractivity (Wildman–Crippen MR) is 50.0 cm³/mol. The summed E-state index contributed by atoms with van der Waals surface area (Å²) < 4.78 is 0. The van der Waals surface area contributed by atoms with Crippen LogP contribution in [0, 0.1) is 11.3 Å². The molecule has 0 aromatic heterocycles. The second kappa shape index (κ2) is 4.50. The van der Waals surface area contributed by atoms with E-state index < -0.39 is 11.9 Å². The van der Waals surface area contributed by atoms with Gasteiger partial charge in [0.05, 0.1) is 5.92 Å². The molecule has 0 saturated carbocycles. The molecule has 0 aromatic rings. The third-order valence-corrected chi connectivity index (χ3v) is 3.11. The lowest BCUT2D eigenvalue weighted by molar-refractivity contribution is -0.139. The van der Waals surface area contributed by atoms with Crippen LogP contribution in [0.25, 0.3) is 0 Å². The summed E-state index contributed by atoms with van der Waals surface area (Å²) >= 11 is 1.79. The molecule has 1 fully saturated rings. The Morgan fingerprint density at radius 3 is 3.00 bits per heavy atom. The first-order valence-corrected chi connectivity index (χ1v) is 5.25. The average molecular weight is 187 g/mol. The third-order valence-electron chi connectivity index (χ3n) is 2.00. The number of carboxylic acids is 1. The van der Waals surface area contributed by atoms with Gasteiger partial charge in [-0.1, -0.05) is 0 Å². The van der Waals surface area contributed by atoms with Gasteiger partial charge in [-0.05, 0) is 30.8 Å². The van der Waals surface area contributed by atoms with Crippen molar-refractivity contribution in [2.45, 2.75) is 19.3 Å². The molecule has 0 spiro atoms. The number of hydrogen-bond donors (Lipinski definition) is 2. The number of carbonyl (C=O) groups is 1. The summed E-state index contributed by atoms with van der Waals surface area (Å²) in [4.78, 5) is 10.7. The topological polar surface area (TPSA) is 61.2 Å². The van der Waals surface area contributed by atoms with E-state index in [0.29, 0.717) is 18.6 Å². The van der Waals surface area contributed by atoms with Crippen LogP contribution in [0.4, 0.5) is 0 Å². The van der Waals surface area contributed by atoms with Crippen molar-refractivity contribution in [1.82, 2.24) is 0 Å². The third kappa shape index (κ3) is 2.52. The van der Waals surface area contributed by atoms with E-state index in [2.05, 4.69) is 0 Å². The minimum atomic E-state index is -0.831. The van der Waals surface area contributed by atoms with Crippen LogP contribution in [-0.2, 0) is 4.79 Å². The number of aliphatic carboxylic acids is 1. The van der Waals surface area contributed by atoms with E-state index in [9.17, 15) is 4.79 Å². The van der Waals surface area contributed by atoms with Crippen LogP contribution >= 0.6 is 11.8 Å². The van der Waals surface area contributed by atoms with Crippen molar-refractivity contribution in [3.63, 3.8) is 0 Å². The van der Waals surface area contributed by atoms with E-state index in [1.54, 1.807) is 11.8 Å². The molecule has 0 amide bonds. The second-order valence-corrected chi connectivity index (χ2v) is 4.15. The molecule has 1 aliphatic heterocycles. The lowest BCUT2D eigenvalue weighted by atomic mass is 9.97. The highest BCUT2D eigenvalue weighted by molar-refractivity contribution is 7.99. The van der Waals surface area contributed by atoms with Gasteiger partial charge in [0.25, 0.3) is 0 Å². The van der Waals surface area contributed by atoms with Crippen molar-refractivity contribution in [2.24, 2.45) is 5.92 Å². The first-order chi connectivity index (χ1) is 5.72. The van der Waals surface area contributed by atoms with Gasteiger partial charge < -0.3 is 10.5 Å². The van der Waals surface area contributed by atoms with E-state index in [4.69, 9.17) is 10.5 Å². The number of rotatable bonds is 1. The molecule has 1 aliphatic rings. The highest BCUT2D eigenvalue weighted by Crippen LogP contribution is 2.19. The van der Waals surface area contributed by atoms with Crippen LogP contribution in [0.3, 0.4) is 0 Å². The second-order valence-electron chi connectivity index (χ2n) is 2.92. The summed E-state index contributed by atoms with van der Waals surface area (Å²) in [7, 11) is 0. The van der Waals surface area contributed by atoms with Crippen molar-refractivity contribution in [1.29, 1.82) is 5.41 Å². The Morgan fingerprint density at radius 2 is 2.33 bits per heavy atom. The Balaban J connectivity index is 2.55. The zero-order chi connectivity index (χ0) is 8.97. The van der Waals surface area contributed by atoms with Crippen molar-refractivity contribution >= 4 is 23.4 Å². The zero-order valence-corrected chi connectivity index (χ0v) is 7.69. The molecule has 0 aliphatic carbocycles. The molecule has 68 valence electrons. The van der Waals surface area contributed by atoms with Gasteiger partial charge in [0.1, 0.15) is 0 Å². The molecule has 1 unspecified atom stereocenters. The van der Waals surface area contributed by atoms with Crippen LogP contribution in [-0.4, -0.2) is 28.3 Å². The maximum Gasteiger partial charge on any atom is 0.312 e. The standard InChI is InChI=1S/C8H13NO2S/c9-7-2-1-4-12-5-3-6(7)8(10)11/h6,9H,1-5H2,(H,10,11). The maximum absolute atomic E-state index is 10.7. The first kappa shape index (κ1) is 9.58. The summed E-state index contributed by atoms with van der Waals surface area (Å²) in [5.41, 5.74) is 0.405. The summed E-state index contributed by atoms with van der Waals surface area (Å²) in [6, 6.07) is 0. The molecule has 1 heterocycles. The minimum absolute atomic E-state index is 0.405. The first-order valence-electron chi connectivity index (χ1n) is 4.09. The lowest BCUT2D eigenvalue weighted by Crippen LogP contribution is -2.25. The predicted octanol–water partition coefficient (Wildman–Crippen LogP) is 1.62. The van der Waals surface area contributed by atoms with Gasteiger partial charge in [0.15, 0.2) is 0 Å². The van der Waals surface area contributed by atoms with Crippen molar-refractivity contribution in [3.8, 4) is 0 Å². The lowest BCUT2D eigenvalue weighted by Gasteiger charge is -2.16. The zero-order valence-electron chi connectivity index (χ0n) is 6.88. The quantitative estimate of drug-likeness (QED) is 0.655. The minimum Gasteiger partial charge on any atom is -0.481 e. The van der Waals surface area contributed by atoms with Gasteiger partial charge in [-0.25, -0.2) is 0 Å². The number of nitrogens with one attached hydrogen (secondary N) is 1. The molecular formula is C8H13NO2S. The molecule has 2 N–H and O–H groups in total. The van der Waals surface area contributed by atoms with Crippen molar-refractivity contribution in [3.05, 3.63) is 0 Å². The van der Waals surface area contributed by atoms with Crippen molar-refractivity contribution in [2.75, 3.05) is 11.5 Å². The molecule has 1 saturated heterocycles. The number of thioether (sulfide) groups is 1. The highest BCUT2D eigenvalue weighted by Gasteiger charge is 2.23. The van der Waals surface area contributed by atoms with Gasteiger partial charge in [0.2, 0.25) is 0 Å². The summed E-state index contributed by atoms with van der Waals surface area (Å²) in [5.74, 6) is 0.592. The SMILES string of the molecule is N=C1CCCSCCC1C(=O)O. The molecule has 1 atom stereocenters. The number of carboxylic acid groups (broad SMARTS) is 1. The molecule has 3 nitrogen and oxygen atoms in total. The fraction of sp³-hybridized carbons (Fsp3) is 0.750. The molecule has 0 bridgehead atoms. The summed E-state index contributed by atoms with van der Waals surface area (Å²) in [6.07, 6.45) is 2.23. The fourth-order valence-corrected chi connectivity index (χ4v) is 2.24. The Morgan fingerprint density at radius 1 is 1.58 bits per heavy atom. The normalized spacial score (nSPS) is 26.0. The molecule has 0 aromatic carbocycles. The van der Waals surface area contributed by atoms with Gasteiger partial charge >= 0.3 is 5.97 Å². The molecule has 1 rings (SSSR count). The van der Waals surface area contributed by atoms with E-state index in [0.717, 1.165) is 17.9 Å².